The van der Waals surface area contributed by atoms with Crippen molar-refractivity contribution in [1.82, 2.24) is 14.9 Å². The first-order chi connectivity index (χ1) is 8.26. The quantitative estimate of drug-likeness (QED) is 0.818. The number of aromatic nitrogens is 2. The van der Waals surface area contributed by atoms with E-state index in [0.717, 1.165) is 29.8 Å². The summed E-state index contributed by atoms with van der Waals surface area (Å²) in [5.41, 5.74) is 2.20. The normalized spacial score (nSPS) is 13.1. The topological polar surface area (TPSA) is 50.1 Å². The summed E-state index contributed by atoms with van der Waals surface area (Å²) in [6, 6.07) is 8.30. The molecule has 0 aliphatic carbocycles. The third-order valence-electron chi connectivity index (χ3n) is 3.18. The van der Waals surface area contributed by atoms with Crippen LogP contribution in [0.1, 0.15) is 12.2 Å². The Morgan fingerprint density at radius 1 is 1.41 bits per heavy atom. The van der Waals surface area contributed by atoms with Gasteiger partial charge in [-0.25, -0.2) is 4.98 Å². The number of fused-ring (bicyclic) bond motifs is 1. The predicted octanol–water partition coefficient (Wildman–Crippen LogP) is 1.32. The second kappa shape index (κ2) is 5.29. The van der Waals surface area contributed by atoms with Gasteiger partial charge >= 0.3 is 0 Å². The van der Waals surface area contributed by atoms with Crippen LogP contribution in [0.25, 0.3) is 11.0 Å². The van der Waals surface area contributed by atoms with Crippen molar-refractivity contribution in [3.8, 4) is 0 Å². The molecule has 92 valence electrons. The number of imidazole rings is 1. The van der Waals surface area contributed by atoms with Gasteiger partial charge in [-0.15, -0.1) is 0 Å². The predicted molar refractivity (Wildman–Crippen MR) is 69.0 cm³/mol. The van der Waals surface area contributed by atoms with Crippen LogP contribution in [0.3, 0.4) is 0 Å². The Balaban J connectivity index is 2.20. The number of aliphatic hydroxyl groups excluding tert-OH is 1. The SMILES string of the molecule is CNC(CO)CCn1c(C)nc2ccccc21. The Bertz CT molecular complexity index is 488. The van der Waals surface area contributed by atoms with Crippen LogP contribution < -0.4 is 5.32 Å². The van der Waals surface area contributed by atoms with Crippen LogP contribution in [-0.4, -0.2) is 34.4 Å². The zero-order valence-electron chi connectivity index (χ0n) is 10.3. The molecule has 0 fully saturated rings. The van der Waals surface area contributed by atoms with Crippen molar-refractivity contribution in [2.45, 2.75) is 25.9 Å². The van der Waals surface area contributed by atoms with Gasteiger partial charge in [0.2, 0.25) is 0 Å². The van der Waals surface area contributed by atoms with Crippen molar-refractivity contribution < 1.29 is 5.11 Å². The summed E-state index contributed by atoms with van der Waals surface area (Å²) in [4.78, 5) is 4.52. The van der Waals surface area contributed by atoms with E-state index in [9.17, 15) is 0 Å². The minimum atomic E-state index is 0.149. The zero-order chi connectivity index (χ0) is 12.3. The molecule has 2 N–H and O–H groups in total. The van der Waals surface area contributed by atoms with Crippen molar-refractivity contribution in [3.05, 3.63) is 30.1 Å². The Hall–Kier alpha value is -1.39. The van der Waals surface area contributed by atoms with Crippen LogP contribution in [0.4, 0.5) is 0 Å². The molecular weight excluding hydrogens is 214 g/mol. The van der Waals surface area contributed by atoms with Crippen molar-refractivity contribution in [2.24, 2.45) is 0 Å². The van der Waals surface area contributed by atoms with E-state index >= 15 is 0 Å². The maximum Gasteiger partial charge on any atom is 0.106 e. The summed E-state index contributed by atoms with van der Waals surface area (Å²) in [7, 11) is 1.87. The minimum Gasteiger partial charge on any atom is -0.395 e. The molecule has 2 aromatic rings. The first-order valence-corrected chi connectivity index (χ1v) is 5.96. The molecule has 0 radical (unpaired) electrons. The lowest BCUT2D eigenvalue weighted by atomic mass is 10.2. The average molecular weight is 233 g/mol. The van der Waals surface area contributed by atoms with Crippen molar-refractivity contribution in [1.29, 1.82) is 0 Å². The van der Waals surface area contributed by atoms with E-state index in [-0.39, 0.29) is 12.6 Å². The average Bonchev–Trinajstić information content (AvgIpc) is 2.67. The van der Waals surface area contributed by atoms with Crippen LogP contribution in [0, 0.1) is 6.92 Å². The van der Waals surface area contributed by atoms with Crippen molar-refractivity contribution in [2.75, 3.05) is 13.7 Å². The molecule has 2 rings (SSSR count). The van der Waals surface area contributed by atoms with Gasteiger partial charge in [0.15, 0.2) is 0 Å². The Labute approximate surface area is 101 Å². The zero-order valence-corrected chi connectivity index (χ0v) is 10.3. The molecule has 0 saturated heterocycles. The smallest absolute Gasteiger partial charge is 0.106 e. The number of hydrogen-bond donors (Lipinski definition) is 2. The Morgan fingerprint density at radius 2 is 2.18 bits per heavy atom. The molecule has 17 heavy (non-hydrogen) atoms. The second-order valence-electron chi connectivity index (χ2n) is 4.26. The Morgan fingerprint density at radius 3 is 2.88 bits per heavy atom. The van der Waals surface area contributed by atoms with Crippen molar-refractivity contribution >= 4 is 11.0 Å². The molecule has 0 spiro atoms. The number of benzene rings is 1. The number of aliphatic hydroxyl groups is 1. The minimum absolute atomic E-state index is 0.149. The summed E-state index contributed by atoms with van der Waals surface area (Å²) in [5.74, 6) is 1.03. The van der Waals surface area contributed by atoms with Gasteiger partial charge in [0, 0.05) is 12.6 Å². The highest BCUT2D eigenvalue weighted by Crippen LogP contribution is 2.16. The highest BCUT2D eigenvalue weighted by molar-refractivity contribution is 5.75. The molecule has 1 atom stereocenters. The number of likely N-dealkylation sites (N-methyl/N-ethyl adjacent to an activating group) is 1. The molecule has 1 aromatic heterocycles. The van der Waals surface area contributed by atoms with E-state index < -0.39 is 0 Å². The van der Waals surface area contributed by atoms with Crippen LogP contribution in [0.15, 0.2) is 24.3 Å². The number of para-hydroxylation sites is 2. The first-order valence-electron chi connectivity index (χ1n) is 5.96. The van der Waals surface area contributed by atoms with Gasteiger partial charge in [-0.3, -0.25) is 0 Å². The maximum absolute atomic E-state index is 9.15. The number of nitrogens with one attached hydrogen (secondary N) is 1. The van der Waals surface area contributed by atoms with Gasteiger partial charge in [0.25, 0.3) is 0 Å². The number of hydrogen-bond acceptors (Lipinski definition) is 3. The third-order valence-corrected chi connectivity index (χ3v) is 3.18. The second-order valence-corrected chi connectivity index (χ2v) is 4.26. The molecule has 4 heteroatoms. The fourth-order valence-corrected chi connectivity index (χ4v) is 2.09. The molecule has 0 bridgehead atoms. The maximum atomic E-state index is 9.15. The number of rotatable bonds is 5. The lowest BCUT2D eigenvalue weighted by Crippen LogP contribution is -2.30. The third kappa shape index (κ3) is 2.48. The summed E-state index contributed by atoms with van der Waals surface area (Å²) < 4.78 is 2.20. The van der Waals surface area contributed by atoms with E-state index in [0.29, 0.717) is 0 Å². The molecule has 1 heterocycles. The molecule has 0 saturated carbocycles. The highest BCUT2D eigenvalue weighted by Gasteiger charge is 2.09. The van der Waals surface area contributed by atoms with E-state index in [2.05, 4.69) is 20.9 Å². The summed E-state index contributed by atoms with van der Waals surface area (Å²) in [6.45, 7) is 3.06. The lowest BCUT2D eigenvalue weighted by molar-refractivity contribution is 0.238. The molecule has 0 aliphatic rings. The summed E-state index contributed by atoms with van der Waals surface area (Å²) in [5, 5.41) is 12.2. The standard InChI is InChI=1S/C13H19N3O/c1-10-15-12-5-3-4-6-13(12)16(10)8-7-11(9-17)14-2/h3-6,11,14,17H,7-9H2,1-2H3. The van der Waals surface area contributed by atoms with E-state index in [1.807, 2.05) is 32.2 Å². The van der Waals surface area contributed by atoms with Gasteiger partial charge in [-0.05, 0) is 32.5 Å². The summed E-state index contributed by atoms with van der Waals surface area (Å²) >= 11 is 0. The van der Waals surface area contributed by atoms with Crippen molar-refractivity contribution in [3.63, 3.8) is 0 Å². The monoisotopic (exact) mass is 233 g/mol. The van der Waals surface area contributed by atoms with Crippen LogP contribution in [-0.2, 0) is 6.54 Å². The van der Waals surface area contributed by atoms with E-state index in [4.69, 9.17) is 5.11 Å². The first kappa shape index (κ1) is 12.1. The largest absolute Gasteiger partial charge is 0.395 e. The Kier molecular flexibility index (Phi) is 3.76. The van der Waals surface area contributed by atoms with Gasteiger partial charge < -0.3 is 15.0 Å². The molecule has 0 amide bonds. The molecule has 1 aromatic carbocycles. The fourth-order valence-electron chi connectivity index (χ4n) is 2.09. The van der Waals surface area contributed by atoms with Gasteiger partial charge in [-0.2, -0.15) is 0 Å². The van der Waals surface area contributed by atoms with Gasteiger partial charge in [0.1, 0.15) is 5.82 Å². The number of nitrogens with zero attached hydrogens (tertiary/aromatic N) is 2. The van der Waals surface area contributed by atoms with E-state index in [1.54, 1.807) is 0 Å². The molecular formula is C13H19N3O. The van der Waals surface area contributed by atoms with Crippen LogP contribution in [0.5, 0.6) is 0 Å². The fraction of sp³-hybridized carbons (Fsp3) is 0.462. The van der Waals surface area contributed by atoms with Gasteiger partial charge in [-0.1, -0.05) is 12.1 Å². The van der Waals surface area contributed by atoms with Crippen LogP contribution >= 0.6 is 0 Å². The van der Waals surface area contributed by atoms with Gasteiger partial charge in [0.05, 0.1) is 17.6 Å². The summed E-state index contributed by atoms with van der Waals surface area (Å²) in [6.07, 6.45) is 0.897. The number of aryl methyl sites for hydroxylation is 2. The molecule has 4 nitrogen and oxygen atoms in total. The molecule has 1 unspecified atom stereocenters. The van der Waals surface area contributed by atoms with E-state index in [1.165, 1.54) is 0 Å². The van der Waals surface area contributed by atoms with Crippen LogP contribution in [0.2, 0.25) is 0 Å². The highest BCUT2D eigenvalue weighted by atomic mass is 16.3. The lowest BCUT2D eigenvalue weighted by Gasteiger charge is -2.14. The molecule has 0 aliphatic heterocycles.